The SMILES string of the molecule is CN(C)C(=O)CCNCc1ncc(Br)cc1Br. The van der Waals surface area contributed by atoms with Gasteiger partial charge < -0.3 is 10.2 Å². The average Bonchev–Trinajstić information content (AvgIpc) is 2.26. The summed E-state index contributed by atoms with van der Waals surface area (Å²) in [6.45, 7) is 1.30. The first kappa shape index (κ1) is 14.6. The number of aromatic nitrogens is 1. The summed E-state index contributed by atoms with van der Waals surface area (Å²) in [6, 6.07) is 1.95. The molecule has 0 spiro atoms. The highest BCUT2D eigenvalue weighted by Crippen LogP contribution is 2.19. The molecule has 0 atom stereocenters. The van der Waals surface area contributed by atoms with E-state index in [4.69, 9.17) is 0 Å². The Morgan fingerprint density at radius 3 is 2.76 bits per heavy atom. The van der Waals surface area contributed by atoms with Crippen molar-refractivity contribution in [3.63, 3.8) is 0 Å². The molecular formula is C11H15Br2N3O. The molecule has 1 amide bonds. The molecule has 0 radical (unpaired) electrons. The van der Waals surface area contributed by atoms with E-state index >= 15 is 0 Å². The molecule has 0 bridgehead atoms. The van der Waals surface area contributed by atoms with Crippen molar-refractivity contribution < 1.29 is 4.79 Å². The van der Waals surface area contributed by atoms with Gasteiger partial charge in [0.25, 0.3) is 0 Å². The molecule has 0 aromatic carbocycles. The molecule has 6 heteroatoms. The van der Waals surface area contributed by atoms with Gasteiger partial charge in [0.1, 0.15) is 0 Å². The molecule has 0 aliphatic heterocycles. The number of pyridine rings is 1. The van der Waals surface area contributed by atoms with Gasteiger partial charge in [-0.25, -0.2) is 0 Å². The minimum absolute atomic E-state index is 0.125. The molecule has 0 aliphatic carbocycles. The van der Waals surface area contributed by atoms with E-state index in [0.717, 1.165) is 14.6 Å². The predicted octanol–water partition coefficient (Wildman–Crippen LogP) is 2.17. The van der Waals surface area contributed by atoms with Gasteiger partial charge in [0.15, 0.2) is 0 Å². The second kappa shape index (κ2) is 7.08. The van der Waals surface area contributed by atoms with Crippen LogP contribution in [0.15, 0.2) is 21.2 Å². The monoisotopic (exact) mass is 363 g/mol. The molecule has 94 valence electrons. The topological polar surface area (TPSA) is 45.2 Å². The molecule has 1 heterocycles. The van der Waals surface area contributed by atoms with E-state index in [1.54, 1.807) is 25.2 Å². The maximum Gasteiger partial charge on any atom is 0.223 e. The largest absolute Gasteiger partial charge is 0.349 e. The van der Waals surface area contributed by atoms with Gasteiger partial charge in [-0.3, -0.25) is 9.78 Å². The first-order valence-electron chi connectivity index (χ1n) is 5.21. The summed E-state index contributed by atoms with van der Waals surface area (Å²) < 4.78 is 1.90. The van der Waals surface area contributed by atoms with Gasteiger partial charge in [0, 0.05) is 48.7 Å². The minimum atomic E-state index is 0.125. The molecule has 4 nitrogen and oxygen atoms in total. The van der Waals surface area contributed by atoms with Crippen LogP contribution in [-0.2, 0) is 11.3 Å². The van der Waals surface area contributed by atoms with Crippen molar-refractivity contribution >= 4 is 37.8 Å². The summed E-state index contributed by atoms with van der Waals surface area (Å²) >= 11 is 6.79. The molecule has 1 aromatic rings. The first-order valence-corrected chi connectivity index (χ1v) is 6.80. The lowest BCUT2D eigenvalue weighted by Gasteiger charge is -2.10. The van der Waals surface area contributed by atoms with Crippen LogP contribution < -0.4 is 5.32 Å². The van der Waals surface area contributed by atoms with Crippen molar-refractivity contribution in [2.75, 3.05) is 20.6 Å². The fraction of sp³-hybridized carbons (Fsp3) is 0.455. The lowest BCUT2D eigenvalue weighted by Crippen LogP contribution is -2.26. The number of nitrogens with zero attached hydrogens (tertiary/aromatic N) is 2. The maximum absolute atomic E-state index is 11.3. The second-order valence-electron chi connectivity index (χ2n) is 3.80. The van der Waals surface area contributed by atoms with E-state index in [9.17, 15) is 4.79 Å². The Morgan fingerprint density at radius 1 is 1.47 bits per heavy atom. The number of hydrogen-bond acceptors (Lipinski definition) is 3. The van der Waals surface area contributed by atoms with Gasteiger partial charge in [0.05, 0.1) is 5.69 Å². The number of nitrogens with one attached hydrogen (secondary N) is 1. The van der Waals surface area contributed by atoms with Gasteiger partial charge in [-0.1, -0.05) is 0 Å². The highest BCUT2D eigenvalue weighted by molar-refractivity contribution is 9.11. The molecule has 0 fully saturated rings. The zero-order valence-corrected chi connectivity index (χ0v) is 13.0. The van der Waals surface area contributed by atoms with Gasteiger partial charge in [-0.05, 0) is 37.9 Å². The van der Waals surface area contributed by atoms with Gasteiger partial charge in [-0.15, -0.1) is 0 Å². The van der Waals surface area contributed by atoms with Crippen molar-refractivity contribution in [1.29, 1.82) is 0 Å². The number of halogens is 2. The number of amides is 1. The van der Waals surface area contributed by atoms with Crippen LogP contribution in [0.25, 0.3) is 0 Å². The van der Waals surface area contributed by atoms with E-state index < -0.39 is 0 Å². The normalized spacial score (nSPS) is 10.4. The molecule has 1 aromatic heterocycles. The summed E-state index contributed by atoms with van der Waals surface area (Å²) in [5.41, 5.74) is 0.936. The zero-order chi connectivity index (χ0) is 12.8. The molecule has 0 unspecified atom stereocenters. The Kier molecular flexibility index (Phi) is 6.08. The Labute approximate surface area is 118 Å². The number of carbonyl (C=O) groups excluding carboxylic acids is 1. The Balaban J connectivity index is 2.34. The van der Waals surface area contributed by atoms with Crippen molar-refractivity contribution in [3.8, 4) is 0 Å². The van der Waals surface area contributed by atoms with E-state index in [-0.39, 0.29) is 5.91 Å². The van der Waals surface area contributed by atoms with Crippen LogP contribution in [0.3, 0.4) is 0 Å². The lowest BCUT2D eigenvalue weighted by atomic mass is 10.3. The highest BCUT2D eigenvalue weighted by atomic mass is 79.9. The quantitative estimate of drug-likeness (QED) is 0.814. The smallest absolute Gasteiger partial charge is 0.223 e. The maximum atomic E-state index is 11.3. The van der Waals surface area contributed by atoms with Crippen LogP contribution in [0, 0.1) is 0 Å². The Hall–Kier alpha value is -0.460. The average molecular weight is 365 g/mol. The molecule has 0 aliphatic rings. The molecule has 0 saturated carbocycles. The lowest BCUT2D eigenvalue weighted by molar-refractivity contribution is -0.128. The van der Waals surface area contributed by atoms with E-state index in [1.807, 2.05) is 6.07 Å². The zero-order valence-electron chi connectivity index (χ0n) is 9.83. The van der Waals surface area contributed by atoms with Gasteiger partial charge in [0.2, 0.25) is 5.91 Å². The van der Waals surface area contributed by atoms with Crippen LogP contribution in [-0.4, -0.2) is 36.4 Å². The van der Waals surface area contributed by atoms with Crippen LogP contribution in [0.1, 0.15) is 12.1 Å². The fourth-order valence-corrected chi connectivity index (χ4v) is 2.33. The van der Waals surface area contributed by atoms with Crippen LogP contribution in [0.5, 0.6) is 0 Å². The fourth-order valence-electron chi connectivity index (χ4n) is 1.20. The van der Waals surface area contributed by atoms with Crippen molar-refractivity contribution in [2.24, 2.45) is 0 Å². The summed E-state index contributed by atoms with van der Waals surface area (Å²) in [4.78, 5) is 17.2. The van der Waals surface area contributed by atoms with E-state index in [1.165, 1.54) is 0 Å². The van der Waals surface area contributed by atoms with Crippen LogP contribution in [0.2, 0.25) is 0 Å². The predicted molar refractivity (Wildman–Crippen MR) is 74.7 cm³/mol. The minimum Gasteiger partial charge on any atom is -0.349 e. The van der Waals surface area contributed by atoms with Crippen molar-refractivity contribution in [3.05, 3.63) is 26.9 Å². The van der Waals surface area contributed by atoms with Crippen LogP contribution in [0.4, 0.5) is 0 Å². The van der Waals surface area contributed by atoms with E-state index in [2.05, 4.69) is 42.2 Å². The summed E-state index contributed by atoms with van der Waals surface area (Å²) in [5, 5.41) is 3.19. The van der Waals surface area contributed by atoms with Gasteiger partial charge >= 0.3 is 0 Å². The van der Waals surface area contributed by atoms with Crippen molar-refractivity contribution in [2.45, 2.75) is 13.0 Å². The molecule has 17 heavy (non-hydrogen) atoms. The summed E-state index contributed by atoms with van der Waals surface area (Å²) in [7, 11) is 3.52. The number of rotatable bonds is 5. The molecule has 1 rings (SSSR count). The second-order valence-corrected chi connectivity index (χ2v) is 5.57. The summed E-state index contributed by atoms with van der Waals surface area (Å²) in [5.74, 6) is 0.125. The Morgan fingerprint density at radius 2 is 2.18 bits per heavy atom. The van der Waals surface area contributed by atoms with Crippen molar-refractivity contribution in [1.82, 2.24) is 15.2 Å². The van der Waals surface area contributed by atoms with Gasteiger partial charge in [-0.2, -0.15) is 0 Å². The first-order chi connectivity index (χ1) is 8.00. The number of hydrogen-bond donors (Lipinski definition) is 1. The van der Waals surface area contributed by atoms with E-state index in [0.29, 0.717) is 19.5 Å². The standard InChI is InChI=1S/C11H15Br2N3O/c1-16(2)11(17)3-4-14-7-10-9(13)5-8(12)6-15-10/h5-6,14H,3-4,7H2,1-2H3. The third-order valence-electron chi connectivity index (χ3n) is 2.19. The third kappa shape index (κ3) is 5.14. The number of carbonyl (C=O) groups is 1. The highest BCUT2D eigenvalue weighted by Gasteiger charge is 2.04. The summed E-state index contributed by atoms with van der Waals surface area (Å²) in [6.07, 6.45) is 2.26. The molecule has 0 saturated heterocycles. The third-order valence-corrected chi connectivity index (χ3v) is 3.31. The Bertz CT molecular complexity index is 396. The molecule has 1 N–H and O–H groups in total. The molecular weight excluding hydrogens is 350 g/mol. The van der Waals surface area contributed by atoms with Crippen LogP contribution >= 0.6 is 31.9 Å².